The summed E-state index contributed by atoms with van der Waals surface area (Å²) in [5, 5.41) is 1.30. The van der Waals surface area contributed by atoms with Gasteiger partial charge in [0.25, 0.3) is 0 Å². The Balaban J connectivity index is 2.88. The Morgan fingerprint density at radius 2 is 1.93 bits per heavy atom. The van der Waals surface area contributed by atoms with Gasteiger partial charge < -0.3 is 10.7 Å². The van der Waals surface area contributed by atoms with E-state index >= 15 is 0 Å². The molecule has 2 aromatic rings. The lowest BCUT2D eigenvalue weighted by atomic mass is 10.0. The Bertz CT molecular complexity index is 481. The molecule has 2 heteroatoms. The fraction of sp³-hybridized carbons (Fsp3) is 0.333. The van der Waals surface area contributed by atoms with Gasteiger partial charge in [0.05, 0.1) is 0 Å². The third kappa shape index (κ3) is 1.23. The van der Waals surface area contributed by atoms with Crippen molar-refractivity contribution in [3.05, 3.63) is 34.5 Å². The molecule has 0 unspecified atom stereocenters. The van der Waals surface area contributed by atoms with Gasteiger partial charge in [-0.25, -0.2) is 0 Å². The third-order valence-electron chi connectivity index (χ3n) is 2.76. The van der Waals surface area contributed by atoms with Gasteiger partial charge in [0.2, 0.25) is 0 Å². The minimum Gasteiger partial charge on any atom is -0.358 e. The smallest absolute Gasteiger partial charge is 0.0464 e. The van der Waals surface area contributed by atoms with E-state index in [-0.39, 0.29) is 0 Å². The van der Waals surface area contributed by atoms with E-state index in [1.54, 1.807) is 0 Å². The molecule has 0 spiro atoms. The Kier molecular flexibility index (Phi) is 2.08. The molecule has 1 heterocycles. The predicted octanol–water partition coefficient (Wildman–Crippen LogP) is 2.55. The molecule has 2 nitrogen and oxygen atoms in total. The fourth-order valence-corrected chi connectivity index (χ4v) is 2.19. The standard InChI is InChI=1S/C12H16N2/c1-7-4-8(2)12-10(6-13)9(3)14-11(12)5-7/h4-5,14H,6,13H2,1-3H3. The maximum Gasteiger partial charge on any atom is 0.0464 e. The second-order valence-electron chi connectivity index (χ2n) is 3.94. The third-order valence-corrected chi connectivity index (χ3v) is 2.76. The average Bonchev–Trinajstić information content (AvgIpc) is 2.40. The first-order chi connectivity index (χ1) is 6.63. The van der Waals surface area contributed by atoms with Crippen molar-refractivity contribution in [3.63, 3.8) is 0 Å². The van der Waals surface area contributed by atoms with Crippen LogP contribution in [0.1, 0.15) is 22.4 Å². The van der Waals surface area contributed by atoms with Crippen molar-refractivity contribution in [1.82, 2.24) is 4.98 Å². The molecule has 0 aliphatic carbocycles. The van der Waals surface area contributed by atoms with Crippen LogP contribution in [0.5, 0.6) is 0 Å². The van der Waals surface area contributed by atoms with Gasteiger partial charge in [-0.1, -0.05) is 6.07 Å². The van der Waals surface area contributed by atoms with Crippen molar-refractivity contribution >= 4 is 10.9 Å². The number of nitrogens with two attached hydrogens (primary N) is 1. The Labute approximate surface area is 84.1 Å². The molecule has 0 atom stereocenters. The monoisotopic (exact) mass is 188 g/mol. The maximum atomic E-state index is 5.75. The lowest BCUT2D eigenvalue weighted by molar-refractivity contribution is 1.05. The highest BCUT2D eigenvalue weighted by molar-refractivity contribution is 5.88. The normalized spacial score (nSPS) is 11.1. The Morgan fingerprint density at radius 3 is 2.57 bits per heavy atom. The van der Waals surface area contributed by atoms with Gasteiger partial charge >= 0.3 is 0 Å². The van der Waals surface area contributed by atoms with Gasteiger partial charge in [0.15, 0.2) is 0 Å². The second-order valence-corrected chi connectivity index (χ2v) is 3.94. The molecule has 2 rings (SSSR count). The minimum atomic E-state index is 0.607. The number of benzene rings is 1. The molecular weight excluding hydrogens is 172 g/mol. The van der Waals surface area contributed by atoms with E-state index in [9.17, 15) is 0 Å². The van der Waals surface area contributed by atoms with Crippen LogP contribution in [0.4, 0.5) is 0 Å². The van der Waals surface area contributed by atoms with E-state index in [0.29, 0.717) is 6.54 Å². The quantitative estimate of drug-likeness (QED) is 0.709. The van der Waals surface area contributed by atoms with Gasteiger partial charge in [0.1, 0.15) is 0 Å². The first-order valence-corrected chi connectivity index (χ1v) is 4.92. The van der Waals surface area contributed by atoms with Crippen LogP contribution in [0.15, 0.2) is 12.1 Å². The molecule has 0 aliphatic heterocycles. The first kappa shape index (κ1) is 9.28. The molecule has 0 fully saturated rings. The van der Waals surface area contributed by atoms with Crippen molar-refractivity contribution in [2.75, 3.05) is 0 Å². The van der Waals surface area contributed by atoms with Crippen molar-refractivity contribution in [2.45, 2.75) is 27.3 Å². The summed E-state index contributed by atoms with van der Waals surface area (Å²) >= 11 is 0. The van der Waals surface area contributed by atoms with Gasteiger partial charge in [-0.3, -0.25) is 0 Å². The van der Waals surface area contributed by atoms with E-state index < -0.39 is 0 Å². The van der Waals surface area contributed by atoms with Crippen LogP contribution in [0.25, 0.3) is 10.9 Å². The van der Waals surface area contributed by atoms with Crippen molar-refractivity contribution < 1.29 is 0 Å². The summed E-state index contributed by atoms with van der Waals surface area (Å²) in [6.07, 6.45) is 0. The Morgan fingerprint density at radius 1 is 1.21 bits per heavy atom. The van der Waals surface area contributed by atoms with E-state index in [1.165, 1.54) is 33.3 Å². The Hall–Kier alpha value is -1.28. The summed E-state index contributed by atoms with van der Waals surface area (Å²) in [6, 6.07) is 4.38. The molecule has 0 aliphatic rings. The number of aryl methyl sites for hydroxylation is 3. The van der Waals surface area contributed by atoms with Crippen LogP contribution >= 0.6 is 0 Å². The molecular formula is C12H16N2. The van der Waals surface area contributed by atoms with E-state index in [1.807, 2.05) is 0 Å². The number of fused-ring (bicyclic) bond motifs is 1. The minimum absolute atomic E-state index is 0.607. The van der Waals surface area contributed by atoms with Crippen molar-refractivity contribution in [3.8, 4) is 0 Å². The van der Waals surface area contributed by atoms with Crippen LogP contribution < -0.4 is 5.73 Å². The SMILES string of the molecule is Cc1cc(C)c2c(CN)c(C)[nH]c2c1. The number of aromatic amines is 1. The summed E-state index contributed by atoms with van der Waals surface area (Å²) < 4.78 is 0. The molecule has 0 bridgehead atoms. The lowest BCUT2D eigenvalue weighted by Gasteiger charge is -2.01. The number of rotatable bonds is 1. The van der Waals surface area contributed by atoms with Crippen LogP contribution in [0.3, 0.4) is 0 Å². The van der Waals surface area contributed by atoms with Crippen LogP contribution in [-0.2, 0) is 6.54 Å². The summed E-state index contributed by atoms with van der Waals surface area (Å²) in [4.78, 5) is 3.38. The van der Waals surface area contributed by atoms with Gasteiger partial charge in [-0.2, -0.15) is 0 Å². The zero-order chi connectivity index (χ0) is 10.3. The highest BCUT2D eigenvalue weighted by Gasteiger charge is 2.09. The molecule has 3 N–H and O–H groups in total. The number of H-pyrrole nitrogens is 1. The fourth-order valence-electron chi connectivity index (χ4n) is 2.19. The highest BCUT2D eigenvalue weighted by Crippen LogP contribution is 2.26. The lowest BCUT2D eigenvalue weighted by Crippen LogP contribution is -1.97. The number of hydrogen-bond acceptors (Lipinski definition) is 1. The zero-order valence-corrected chi connectivity index (χ0v) is 8.94. The van der Waals surface area contributed by atoms with Gasteiger partial charge in [-0.05, 0) is 43.5 Å². The molecule has 1 aromatic heterocycles. The van der Waals surface area contributed by atoms with Gasteiger partial charge in [-0.15, -0.1) is 0 Å². The number of aromatic nitrogens is 1. The molecule has 0 amide bonds. The van der Waals surface area contributed by atoms with E-state index in [2.05, 4.69) is 37.9 Å². The predicted molar refractivity (Wildman–Crippen MR) is 60.4 cm³/mol. The van der Waals surface area contributed by atoms with E-state index in [0.717, 1.165) is 0 Å². The van der Waals surface area contributed by atoms with Crippen LogP contribution in [-0.4, -0.2) is 4.98 Å². The second kappa shape index (κ2) is 3.14. The summed E-state index contributed by atoms with van der Waals surface area (Å²) in [5.74, 6) is 0. The van der Waals surface area contributed by atoms with Crippen molar-refractivity contribution in [2.24, 2.45) is 5.73 Å². The van der Waals surface area contributed by atoms with Crippen LogP contribution in [0.2, 0.25) is 0 Å². The highest BCUT2D eigenvalue weighted by atomic mass is 14.7. The average molecular weight is 188 g/mol. The number of nitrogens with one attached hydrogen (secondary N) is 1. The first-order valence-electron chi connectivity index (χ1n) is 4.92. The maximum absolute atomic E-state index is 5.75. The summed E-state index contributed by atoms with van der Waals surface area (Å²) in [6.45, 7) is 6.94. The summed E-state index contributed by atoms with van der Waals surface area (Å²) in [7, 11) is 0. The molecule has 74 valence electrons. The summed E-state index contributed by atoms with van der Waals surface area (Å²) in [5.41, 5.74) is 12.0. The number of hydrogen-bond donors (Lipinski definition) is 2. The molecule has 14 heavy (non-hydrogen) atoms. The largest absolute Gasteiger partial charge is 0.358 e. The van der Waals surface area contributed by atoms with Crippen LogP contribution in [0, 0.1) is 20.8 Å². The van der Waals surface area contributed by atoms with Gasteiger partial charge in [0, 0.05) is 23.1 Å². The molecule has 1 aromatic carbocycles. The molecule has 0 saturated carbocycles. The topological polar surface area (TPSA) is 41.8 Å². The molecule has 0 saturated heterocycles. The van der Waals surface area contributed by atoms with Crippen molar-refractivity contribution in [1.29, 1.82) is 0 Å². The van der Waals surface area contributed by atoms with E-state index in [4.69, 9.17) is 5.73 Å². The zero-order valence-electron chi connectivity index (χ0n) is 8.94. The molecule has 0 radical (unpaired) electrons.